The molecule has 0 saturated carbocycles. The zero-order valence-electron chi connectivity index (χ0n) is 20.2. The molecule has 1 amide bonds. The lowest BCUT2D eigenvalue weighted by Crippen LogP contribution is -2.21. The van der Waals surface area contributed by atoms with Crippen molar-refractivity contribution in [3.05, 3.63) is 45.3 Å². The Morgan fingerprint density at radius 1 is 1.21 bits per heavy atom. The predicted octanol–water partition coefficient (Wildman–Crippen LogP) is 5.20. The number of nitriles is 1. The van der Waals surface area contributed by atoms with E-state index in [0.717, 1.165) is 54.9 Å². The smallest absolute Gasteiger partial charge is 0.341 e. The van der Waals surface area contributed by atoms with Gasteiger partial charge in [-0.05, 0) is 70.2 Å². The number of hydrogen-bond acceptors (Lipinski definition) is 7. The lowest BCUT2D eigenvalue weighted by molar-refractivity contribution is -0.112. The van der Waals surface area contributed by atoms with Crippen LogP contribution in [0.3, 0.4) is 0 Å². The number of carbonyl (C=O) groups excluding carboxylic acids is 2. The van der Waals surface area contributed by atoms with Crippen LogP contribution in [0.2, 0.25) is 0 Å². The average molecular weight is 482 g/mol. The van der Waals surface area contributed by atoms with E-state index < -0.39 is 11.9 Å². The molecule has 0 saturated heterocycles. The third-order valence-electron chi connectivity index (χ3n) is 5.89. The largest absolute Gasteiger partial charge is 0.496 e. The topological polar surface area (TPSA) is 91.7 Å². The number of thiophene rings is 1. The molecule has 180 valence electrons. The van der Waals surface area contributed by atoms with Gasteiger partial charge in [-0.3, -0.25) is 4.79 Å². The van der Waals surface area contributed by atoms with Crippen molar-refractivity contribution < 1.29 is 19.1 Å². The molecule has 34 heavy (non-hydrogen) atoms. The Morgan fingerprint density at radius 3 is 2.59 bits per heavy atom. The van der Waals surface area contributed by atoms with Gasteiger partial charge in [0.05, 0.1) is 19.3 Å². The number of benzene rings is 1. The highest BCUT2D eigenvalue weighted by Gasteiger charge is 2.28. The normalized spacial score (nSPS) is 13.0. The number of carbonyl (C=O) groups is 2. The molecule has 2 aromatic rings. The van der Waals surface area contributed by atoms with Gasteiger partial charge < -0.3 is 19.7 Å². The first kappa shape index (κ1) is 25.3. The molecule has 7 nitrogen and oxygen atoms in total. The summed E-state index contributed by atoms with van der Waals surface area (Å²) in [5.41, 5.74) is 2.94. The second kappa shape index (κ2) is 11.7. The molecule has 3 rings (SSSR count). The summed E-state index contributed by atoms with van der Waals surface area (Å²) in [4.78, 5) is 29.0. The highest BCUT2D eigenvalue weighted by atomic mass is 32.1. The van der Waals surface area contributed by atoms with Crippen LogP contribution in [0.25, 0.3) is 6.08 Å². The molecular weight excluding hydrogens is 450 g/mol. The third-order valence-corrected chi connectivity index (χ3v) is 7.10. The van der Waals surface area contributed by atoms with E-state index in [1.54, 1.807) is 14.0 Å². The molecule has 1 aliphatic rings. The summed E-state index contributed by atoms with van der Waals surface area (Å²) in [6.07, 6.45) is 5.22. The maximum atomic E-state index is 13.1. The molecule has 0 fully saturated rings. The van der Waals surface area contributed by atoms with Crippen molar-refractivity contribution in [2.45, 2.75) is 46.5 Å². The monoisotopic (exact) mass is 481 g/mol. The number of nitrogens with zero attached hydrogens (tertiary/aromatic N) is 2. The van der Waals surface area contributed by atoms with Crippen molar-refractivity contribution in [1.82, 2.24) is 0 Å². The van der Waals surface area contributed by atoms with Crippen molar-refractivity contribution in [2.75, 3.05) is 37.0 Å². The first-order valence-corrected chi connectivity index (χ1v) is 12.5. The molecule has 0 unspecified atom stereocenters. The molecule has 1 heterocycles. The number of rotatable bonds is 9. The van der Waals surface area contributed by atoms with Gasteiger partial charge in [0.2, 0.25) is 0 Å². The van der Waals surface area contributed by atoms with E-state index in [9.17, 15) is 14.9 Å². The summed E-state index contributed by atoms with van der Waals surface area (Å²) < 4.78 is 10.8. The Kier molecular flexibility index (Phi) is 8.72. The summed E-state index contributed by atoms with van der Waals surface area (Å²) in [7, 11) is 1.56. The zero-order chi connectivity index (χ0) is 24.7. The summed E-state index contributed by atoms with van der Waals surface area (Å²) in [6.45, 7) is 7.88. The Balaban J connectivity index is 1.92. The number of amides is 1. The van der Waals surface area contributed by atoms with Gasteiger partial charge in [-0.2, -0.15) is 5.26 Å². The fourth-order valence-corrected chi connectivity index (χ4v) is 5.42. The maximum Gasteiger partial charge on any atom is 0.341 e. The molecule has 0 bridgehead atoms. The Morgan fingerprint density at radius 2 is 1.94 bits per heavy atom. The van der Waals surface area contributed by atoms with Gasteiger partial charge in [-0.15, -0.1) is 11.3 Å². The fraction of sp³-hybridized carbons (Fsp3) is 0.423. The molecule has 8 heteroatoms. The van der Waals surface area contributed by atoms with Crippen molar-refractivity contribution >= 4 is 40.0 Å². The van der Waals surface area contributed by atoms with Crippen molar-refractivity contribution in [1.29, 1.82) is 5.26 Å². The maximum absolute atomic E-state index is 13.1. The minimum Gasteiger partial charge on any atom is -0.496 e. The van der Waals surface area contributed by atoms with Crippen molar-refractivity contribution in [2.24, 2.45) is 0 Å². The van der Waals surface area contributed by atoms with E-state index in [0.29, 0.717) is 21.9 Å². The van der Waals surface area contributed by atoms with Gasteiger partial charge in [0.15, 0.2) is 0 Å². The first-order chi connectivity index (χ1) is 16.5. The summed E-state index contributed by atoms with van der Waals surface area (Å²) in [5, 5.41) is 13.0. The molecule has 1 aromatic carbocycles. The van der Waals surface area contributed by atoms with Crippen LogP contribution in [0, 0.1) is 11.3 Å². The van der Waals surface area contributed by atoms with Crippen LogP contribution < -0.4 is 15.0 Å². The molecule has 0 spiro atoms. The van der Waals surface area contributed by atoms with Gasteiger partial charge >= 0.3 is 5.97 Å². The van der Waals surface area contributed by atoms with Gasteiger partial charge in [0.1, 0.15) is 22.4 Å². The predicted molar refractivity (Wildman–Crippen MR) is 136 cm³/mol. The number of ether oxygens (including phenoxy) is 2. The second-order valence-corrected chi connectivity index (χ2v) is 8.96. The van der Waals surface area contributed by atoms with Crippen LogP contribution in [0.1, 0.15) is 60.0 Å². The number of methoxy groups -OCH3 is 1. The van der Waals surface area contributed by atoms with Gasteiger partial charge in [0, 0.05) is 35.3 Å². The highest BCUT2D eigenvalue weighted by molar-refractivity contribution is 7.17. The minimum absolute atomic E-state index is 0.0740. The standard InChI is InChI=1S/C26H31N3O4S/c1-5-29(6-2)19-13-12-17(21(15-19)32-4)14-18(16-27)24(30)28-25-23(26(31)33-7-3)20-10-8-9-11-22(20)34-25/h12-15H,5-11H2,1-4H3,(H,28,30)/b18-14+. The van der Waals surface area contributed by atoms with Crippen LogP contribution in [0.15, 0.2) is 23.8 Å². The number of fused-ring (bicyclic) bond motifs is 1. The van der Waals surface area contributed by atoms with Crippen molar-refractivity contribution in [3.8, 4) is 11.8 Å². The molecule has 1 aliphatic carbocycles. The highest BCUT2D eigenvalue weighted by Crippen LogP contribution is 2.39. The van der Waals surface area contributed by atoms with E-state index in [1.807, 2.05) is 24.3 Å². The molecule has 0 radical (unpaired) electrons. The van der Waals surface area contributed by atoms with Crippen LogP contribution in [-0.2, 0) is 22.4 Å². The lowest BCUT2D eigenvalue weighted by atomic mass is 9.95. The zero-order valence-corrected chi connectivity index (χ0v) is 21.0. The SMILES string of the molecule is CCOC(=O)c1c(NC(=O)/C(C#N)=C/c2ccc(N(CC)CC)cc2OC)sc2c1CCCC2. The van der Waals surface area contributed by atoms with E-state index in [2.05, 4.69) is 24.1 Å². The Labute approximate surface area is 205 Å². The average Bonchev–Trinajstić information content (AvgIpc) is 3.21. The van der Waals surface area contributed by atoms with Gasteiger partial charge in [-0.1, -0.05) is 0 Å². The summed E-state index contributed by atoms with van der Waals surface area (Å²) in [5.74, 6) is -0.432. The molecule has 0 aliphatic heterocycles. The van der Waals surface area contributed by atoms with Crippen LogP contribution >= 0.6 is 11.3 Å². The number of nitrogens with one attached hydrogen (secondary N) is 1. The Hall–Kier alpha value is -3.31. The van der Waals surface area contributed by atoms with Gasteiger partial charge in [-0.25, -0.2) is 4.79 Å². The van der Waals surface area contributed by atoms with E-state index >= 15 is 0 Å². The summed E-state index contributed by atoms with van der Waals surface area (Å²) >= 11 is 1.40. The van der Waals surface area contributed by atoms with Crippen LogP contribution in [0.5, 0.6) is 5.75 Å². The number of anilines is 2. The lowest BCUT2D eigenvalue weighted by Gasteiger charge is -2.22. The number of aryl methyl sites for hydroxylation is 1. The first-order valence-electron chi connectivity index (χ1n) is 11.6. The number of hydrogen-bond donors (Lipinski definition) is 1. The van der Waals surface area contributed by atoms with E-state index in [1.165, 1.54) is 17.4 Å². The third kappa shape index (κ3) is 5.42. The van der Waals surface area contributed by atoms with Crippen LogP contribution in [0.4, 0.5) is 10.7 Å². The van der Waals surface area contributed by atoms with Gasteiger partial charge in [0.25, 0.3) is 5.91 Å². The molecule has 1 aromatic heterocycles. The second-order valence-electron chi connectivity index (χ2n) is 7.86. The fourth-order valence-electron chi connectivity index (χ4n) is 4.15. The molecule has 1 N–H and O–H groups in total. The van der Waals surface area contributed by atoms with E-state index in [-0.39, 0.29) is 12.2 Å². The van der Waals surface area contributed by atoms with Crippen LogP contribution in [-0.4, -0.2) is 38.7 Å². The summed E-state index contributed by atoms with van der Waals surface area (Å²) in [6, 6.07) is 7.67. The minimum atomic E-state index is -0.568. The number of esters is 1. The quantitative estimate of drug-likeness (QED) is 0.301. The van der Waals surface area contributed by atoms with Crippen molar-refractivity contribution in [3.63, 3.8) is 0 Å². The molecule has 0 atom stereocenters. The molecular formula is C26H31N3O4S. The Bertz CT molecular complexity index is 1130. The van der Waals surface area contributed by atoms with E-state index in [4.69, 9.17) is 9.47 Å².